The van der Waals surface area contributed by atoms with E-state index in [9.17, 15) is 4.79 Å². The van der Waals surface area contributed by atoms with Gasteiger partial charge >= 0.3 is 0 Å². The molecule has 0 radical (unpaired) electrons. The second-order valence-corrected chi connectivity index (χ2v) is 4.88. The van der Waals surface area contributed by atoms with E-state index in [1.54, 1.807) is 7.11 Å². The summed E-state index contributed by atoms with van der Waals surface area (Å²) in [6.45, 7) is 2.42. The van der Waals surface area contributed by atoms with Crippen molar-refractivity contribution in [2.45, 2.75) is 25.3 Å². The van der Waals surface area contributed by atoms with Gasteiger partial charge in [-0.3, -0.25) is 4.79 Å². The summed E-state index contributed by atoms with van der Waals surface area (Å²) >= 11 is 0. The van der Waals surface area contributed by atoms with E-state index >= 15 is 0 Å². The molecule has 0 saturated carbocycles. The molecule has 1 unspecified atom stereocenters. The first-order valence-electron chi connectivity index (χ1n) is 7.05. The third kappa shape index (κ3) is 4.74. The lowest BCUT2D eigenvalue weighted by Crippen LogP contribution is -2.36. The molecule has 5 nitrogen and oxygen atoms in total. The van der Waals surface area contributed by atoms with Crippen molar-refractivity contribution in [1.29, 1.82) is 0 Å². The summed E-state index contributed by atoms with van der Waals surface area (Å²) in [4.78, 5) is 11.7. The molecule has 2 N–H and O–H groups in total. The first-order valence-corrected chi connectivity index (χ1v) is 7.05. The van der Waals surface area contributed by atoms with E-state index in [4.69, 9.17) is 9.47 Å². The predicted molar refractivity (Wildman–Crippen MR) is 77.1 cm³/mol. The van der Waals surface area contributed by atoms with E-state index in [0.29, 0.717) is 19.1 Å². The SMILES string of the molecule is COc1ccc(OCCCC(=O)NC2CCNC2)cc1. The summed E-state index contributed by atoms with van der Waals surface area (Å²) in [5.41, 5.74) is 0. The van der Waals surface area contributed by atoms with Gasteiger partial charge in [0, 0.05) is 19.0 Å². The van der Waals surface area contributed by atoms with Crippen LogP contribution in [0.2, 0.25) is 0 Å². The highest BCUT2D eigenvalue weighted by Gasteiger charge is 2.15. The maximum absolute atomic E-state index is 11.7. The molecule has 1 heterocycles. The second kappa shape index (κ2) is 7.75. The average Bonchev–Trinajstić information content (AvgIpc) is 2.97. The van der Waals surface area contributed by atoms with Gasteiger partial charge in [0.05, 0.1) is 13.7 Å². The van der Waals surface area contributed by atoms with Crippen molar-refractivity contribution in [2.24, 2.45) is 0 Å². The molecule has 1 aromatic rings. The highest BCUT2D eigenvalue weighted by atomic mass is 16.5. The Hall–Kier alpha value is -1.75. The Balaban J connectivity index is 1.59. The van der Waals surface area contributed by atoms with Crippen LogP contribution in [-0.4, -0.2) is 38.8 Å². The topological polar surface area (TPSA) is 59.6 Å². The fraction of sp³-hybridized carbons (Fsp3) is 0.533. The standard InChI is InChI=1S/C15H22N2O3/c1-19-13-4-6-14(7-5-13)20-10-2-3-15(18)17-12-8-9-16-11-12/h4-7,12,16H,2-3,8-11H2,1H3,(H,17,18). The van der Waals surface area contributed by atoms with Crippen LogP contribution >= 0.6 is 0 Å². The Morgan fingerprint density at radius 2 is 2.10 bits per heavy atom. The van der Waals surface area contributed by atoms with Crippen molar-refractivity contribution < 1.29 is 14.3 Å². The summed E-state index contributed by atoms with van der Waals surface area (Å²) in [7, 11) is 1.63. The monoisotopic (exact) mass is 278 g/mol. The maximum atomic E-state index is 11.7. The van der Waals surface area contributed by atoms with Crippen LogP contribution < -0.4 is 20.1 Å². The Kier molecular flexibility index (Phi) is 5.68. The third-order valence-corrected chi connectivity index (χ3v) is 3.30. The minimum atomic E-state index is 0.108. The summed E-state index contributed by atoms with van der Waals surface area (Å²) in [5, 5.41) is 6.25. The summed E-state index contributed by atoms with van der Waals surface area (Å²) in [6, 6.07) is 7.74. The molecule has 0 aliphatic carbocycles. The van der Waals surface area contributed by atoms with Crippen LogP contribution in [-0.2, 0) is 4.79 Å². The average molecular weight is 278 g/mol. The van der Waals surface area contributed by atoms with Gasteiger partial charge in [-0.1, -0.05) is 0 Å². The third-order valence-electron chi connectivity index (χ3n) is 3.30. The zero-order chi connectivity index (χ0) is 14.2. The van der Waals surface area contributed by atoms with E-state index < -0.39 is 0 Å². The Bertz CT molecular complexity index is 414. The van der Waals surface area contributed by atoms with Crippen LogP contribution in [0.4, 0.5) is 0 Å². The number of amides is 1. The molecule has 5 heteroatoms. The van der Waals surface area contributed by atoms with Crippen molar-refractivity contribution in [1.82, 2.24) is 10.6 Å². The van der Waals surface area contributed by atoms with Gasteiger partial charge in [0.25, 0.3) is 0 Å². The van der Waals surface area contributed by atoms with Crippen LogP contribution in [0.25, 0.3) is 0 Å². The van der Waals surface area contributed by atoms with Gasteiger partial charge in [0.1, 0.15) is 11.5 Å². The largest absolute Gasteiger partial charge is 0.497 e. The lowest BCUT2D eigenvalue weighted by Gasteiger charge is -2.11. The molecule has 20 heavy (non-hydrogen) atoms. The predicted octanol–water partition coefficient (Wildman–Crippen LogP) is 1.33. The first kappa shape index (κ1) is 14.7. The van der Waals surface area contributed by atoms with Gasteiger partial charge in [0.2, 0.25) is 5.91 Å². The fourth-order valence-electron chi connectivity index (χ4n) is 2.17. The van der Waals surface area contributed by atoms with Gasteiger partial charge in [-0.05, 0) is 43.7 Å². The van der Waals surface area contributed by atoms with Crippen molar-refractivity contribution in [3.8, 4) is 11.5 Å². The zero-order valence-corrected chi connectivity index (χ0v) is 11.9. The molecule has 1 fully saturated rings. The first-order chi connectivity index (χ1) is 9.78. The van der Waals surface area contributed by atoms with Crippen molar-refractivity contribution in [3.63, 3.8) is 0 Å². The number of ether oxygens (including phenoxy) is 2. The van der Waals surface area contributed by atoms with Gasteiger partial charge < -0.3 is 20.1 Å². The van der Waals surface area contributed by atoms with Crippen molar-refractivity contribution in [3.05, 3.63) is 24.3 Å². The van der Waals surface area contributed by atoms with Crippen molar-refractivity contribution >= 4 is 5.91 Å². The molecule has 1 atom stereocenters. The van der Waals surface area contributed by atoms with Crippen LogP contribution in [0.3, 0.4) is 0 Å². The fourth-order valence-corrected chi connectivity index (χ4v) is 2.17. The number of hydrogen-bond donors (Lipinski definition) is 2. The quantitative estimate of drug-likeness (QED) is 0.739. The zero-order valence-electron chi connectivity index (χ0n) is 11.9. The summed E-state index contributed by atoms with van der Waals surface area (Å²) in [6.07, 6.45) is 2.25. The smallest absolute Gasteiger partial charge is 0.220 e. The highest BCUT2D eigenvalue weighted by molar-refractivity contribution is 5.76. The van der Waals surface area contributed by atoms with E-state index in [1.165, 1.54) is 0 Å². The molecule has 1 saturated heterocycles. The molecule has 1 aromatic carbocycles. The van der Waals surface area contributed by atoms with E-state index in [-0.39, 0.29) is 5.91 Å². The van der Waals surface area contributed by atoms with Crippen LogP contribution in [0.1, 0.15) is 19.3 Å². The molecule has 0 aromatic heterocycles. The number of carbonyl (C=O) groups excluding carboxylic acids is 1. The molecule has 0 bridgehead atoms. The Morgan fingerprint density at radius 1 is 1.35 bits per heavy atom. The minimum Gasteiger partial charge on any atom is -0.497 e. The lowest BCUT2D eigenvalue weighted by molar-refractivity contribution is -0.121. The molecule has 110 valence electrons. The lowest BCUT2D eigenvalue weighted by atomic mass is 10.2. The molecule has 2 rings (SSSR count). The van der Waals surface area contributed by atoms with Crippen LogP contribution in [0.5, 0.6) is 11.5 Å². The number of rotatable bonds is 7. The Morgan fingerprint density at radius 3 is 2.75 bits per heavy atom. The Labute approximate surface area is 119 Å². The van der Waals surface area contributed by atoms with Gasteiger partial charge in [-0.2, -0.15) is 0 Å². The summed E-state index contributed by atoms with van der Waals surface area (Å²) in [5.74, 6) is 1.71. The van der Waals surface area contributed by atoms with Crippen LogP contribution in [0.15, 0.2) is 24.3 Å². The highest BCUT2D eigenvalue weighted by Crippen LogP contribution is 2.17. The molecule has 1 aliphatic heterocycles. The van der Waals surface area contributed by atoms with E-state index in [1.807, 2.05) is 24.3 Å². The van der Waals surface area contributed by atoms with E-state index in [2.05, 4.69) is 10.6 Å². The van der Waals surface area contributed by atoms with Gasteiger partial charge in [-0.25, -0.2) is 0 Å². The molecular formula is C15H22N2O3. The molecule has 0 spiro atoms. The van der Waals surface area contributed by atoms with Gasteiger partial charge in [-0.15, -0.1) is 0 Å². The number of nitrogens with one attached hydrogen (secondary N) is 2. The molecule has 1 amide bonds. The summed E-state index contributed by atoms with van der Waals surface area (Å²) < 4.78 is 10.7. The number of methoxy groups -OCH3 is 1. The second-order valence-electron chi connectivity index (χ2n) is 4.88. The van der Waals surface area contributed by atoms with Crippen molar-refractivity contribution in [2.75, 3.05) is 26.8 Å². The molecule has 1 aliphatic rings. The minimum absolute atomic E-state index is 0.108. The number of carbonyl (C=O) groups is 1. The molecular weight excluding hydrogens is 256 g/mol. The normalized spacial score (nSPS) is 17.8. The number of benzene rings is 1. The van der Waals surface area contributed by atoms with Crippen LogP contribution in [0, 0.1) is 0 Å². The van der Waals surface area contributed by atoms with E-state index in [0.717, 1.165) is 37.4 Å². The maximum Gasteiger partial charge on any atom is 0.220 e. The number of hydrogen-bond acceptors (Lipinski definition) is 4. The van der Waals surface area contributed by atoms with Gasteiger partial charge in [0.15, 0.2) is 0 Å².